The van der Waals surface area contributed by atoms with Crippen molar-refractivity contribution in [3.05, 3.63) is 80.8 Å². The summed E-state index contributed by atoms with van der Waals surface area (Å²) in [6, 6.07) is 11.9. The lowest BCUT2D eigenvalue weighted by Crippen LogP contribution is -2.39. The van der Waals surface area contributed by atoms with Crippen LogP contribution in [0.5, 0.6) is 0 Å². The van der Waals surface area contributed by atoms with E-state index >= 15 is 0 Å². The van der Waals surface area contributed by atoms with Gasteiger partial charge in [-0.2, -0.15) is 5.10 Å². The molecule has 7 heteroatoms. The number of hydrogen-bond donors (Lipinski definition) is 1. The van der Waals surface area contributed by atoms with Crippen LogP contribution in [0.15, 0.2) is 42.5 Å². The number of rotatable bonds is 5. The number of nitrogens with zero attached hydrogens (tertiary/aromatic N) is 2. The van der Waals surface area contributed by atoms with Gasteiger partial charge in [0.05, 0.1) is 16.4 Å². The highest BCUT2D eigenvalue weighted by atomic mass is 35.5. The highest BCUT2D eigenvalue weighted by Gasteiger charge is 2.30. The summed E-state index contributed by atoms with van der Waals surface area (Å²) in [5.74, 6) is 0.0898. The third kappa shape index (κ3) is 5.78. The largest absolute Gasteiger partial charge is 0.348 e. The van der Waals surface area contributed by atoms with Crippen LogP contribution in [0.3, 0.4) is 0 Å². The molecule has 2 aromatic carbocycles. The van der Waals surface area contributed by atoms with Crippen LogP contribution in [-0.4, -0.2) is 21.7 Å². The van der Waals surface area contributed by atoms with E-state index in [1.165, 1.54) is 31.4 Å². The molecule has 1 fully saturated rings. The second-order valence-electron chi connectivity index (χ2n) is 10.3. The number of carbonyl (C=O) groups excluding carboxylic acids is 1. The van der Waals surface area contributed by atoms with Crippen LogP contribution in [0.25, 0.3) is 17.3 Å². The smallest absolute Gasteiger partial charge is 0.272 e. The Bertz CT molecular complexity index is 1310. The summed E-state index contributed by atoms with van der Waals surface area (Å²) in [5, 5.41) is 9.14. The van der Waals surface area contributed by atoms with Gasteiger partial charge in [-0.25, -0.2) is 9.07 Å². The number of halogens is 3. The van der Waals surface area contributed by atoms with E-state index in [0.29, 0.717) is 27.3 Å². The zero-order valence-electron chi connectivity index (χ0n) is 21.1. The fourth-order valence-corrected chi connectivity index (χ4v) is 6.18. The van der Waals surface area contributed by atoms with E-state index in [9.17, 15) is 9.18 Å². The molecule has 2 aliphatic carbocycles. The average molecular weight is 541 g/mol. The first-order chi connectivity index (χ1) is 17.9. The Labute approximate surface area is 227 Å². The molecule has 1 atom stereocenters. The van der Waals surface area contributed by atoms with Crippen LogP contribution >= 0.6 is 23.2 Å². The first kappa shape index (κ1) is 26.0. The van der Waals surface area contributed by atoms with Gasteiger partial charge in [-0.15, -0.1) is 0 Å². The number of aromatic nitrogens is 2. The Balaban J connectivity index is 1.60. The van der Waals surface area contributed by atoms with E-state index in [1.807, 2.05) is 6.07 Å². The molecule has 2 aliphatic rings. The van der Waals surface area contributed by atoms with Crippen LogP contribution < -0.4 is 5.32 Å². The predicted octanol–water partition coefficient (Wildman–Crippen LogP) is 8.28. The van der Waals surface area contributed by atoms with Gasteiger partial charge < -0.3 is 5.32 Å². The Morgan fingerprint density at radius 3 is 2.51 bits per heavy atom. The summed E-state index contributed by atoms with van der Waals surface area (Å²) >= 11 is 12.8. The molecule has 5 rings (SSSR count). The molecule has 1 amide bonds. The van der Waals surface area contributed by atoms with E-state index < -0.39 is 0 Å². The molecule has 0 saturated heterocycles. The minimum Gasteiger partial charge on any atom is -0.348 e. The minimum atomic E-state index is -0.271. The molecule has 1 aromatic heterocycles. The van der Waals surface area contributed by atoms with Crippen LogP contribution in [0.1, 0.15) is 85.6 Å². The van der Waals surface area contributed by atoms with Crippen molar-refractivity contribution >= 4 is 40.8 Å². The second kappa shape index (κ2) is 11.4. The summed E-state index contributed by atoms with van der Waals surface area (Å²) in [6.07, 6.45) is 11.6. The molecule has 0 bridgehead atoms. The zero-order valence-corrected chi connectivity index (χ0v) is 22.6. The van der Waals surface area contributed by atoms with Gasteiger partial charge in [0.15, 0.2) is 5.69 Å². The quantitative estimate of drug-likeness (QED) is 0.331. The van der Waals surface area contributed by atoms with Crippen LogP contribution in [-0.2, 0) is 6.42 Å². The highest BCUT2D eigenvalue weighted by Crippen LogP contribution is 2.37. The summed E-state index contributed by atoms with van der Waals surface area (Å²) in [6.45, 7) is 2.11. The summed E-state index contributed by atoms with van der Waals surface area (Å²) in [7, 11) is 0. The molecular weight excluding hydrogens is 508 g/mol. The summed E-state index contributed by atoms with van der Waals surface area (Å²) in [4.78, 5) is 13.7. The fourth-order valence-electron chi connectivity index (χ4n) is 5.69. The molecule has 0 radical (unpaired) electrons. The van der Waals surface area contributed by atoms with Gasteiger partial charge in [-0.3, -0.25) is 4.79 Å². The normalized spacial score (nSPS) is 18.3. The Hall–Kier alpha value is -2.63. The topological polar surface area (TPSA) is 46.9 Å². The third-order valence-electron chi connectivity index (χ3n) is 7.69. The number of hydrogen-bond acceptors (Lipinski definition) is 2. The fraction of sp³-hybridized carbons (Fsp3) is 0.400. The molecule has 194 valence electrons. The van der Waals surface area contributed by atoms with Crippen molar-refractivity contribution in [3.63, 3.8) is 0 Å². The van der Waals surface area contributed by atoms with Crippen molar-refractivity contribution < 1.29 is 9.18 Å². The summed E-state index contributed by atoms with van der Waals surface area (Å²) in [5.41, 5.74) is 4.91. The average Bonchev–Trinajstić information content (AvgIpc) is 3.14. The predicted molar refractivity (Wildman–Crippen MR) is 149 cm³/mol. The maximum Gasteiger partial charge on any atom is 0.272 e. The molecule has 1 heterocycles. The Morgan fingerprint density at radius 1 is 1.05 bits per heavy atom. The van der Waals surface area contributed by atoms with Crippen LogP contribution in [0, 0.1) is 11.7 Å². The second-order valence-corrected chi connectivity index (χ2v) is 11.1. The lowest BCUT2D eigenvalue weighted by atomic mass is 9.84. The van der Waals surface area contributed by atoms with E-state index in [2.05, 4.69) is 18.3 Å². The van der Waals surface area contributed by atoms with Gasteiger partial charge in [0.25, 0.3) is 5.91 Å². The monoisotopic (exact) mass is 539 g/mol. The van der Waals surface area contributed by atoms with Crippen molar-refractivity contribution in [2.24, 2.45) is 5.92 Å². The van der Waals surface area contributed by atoms with Gasteiger partial charge in [-0.1, -0.05) is 54.6 Å². The standard InChI is InChI=1S/C30H32Cl2FN3O/c1-19(21-7-3-2-4-8-21)34-30(37)28-25-10-6-5-9-22(17-20-11-14-24(33)15-12-20)29(25)36(35-28)27-16-13-23(31)18-26(27)32/h11-19,21H,2-10H2,1H3,(H,34,37)/b22-17+/t19-/m0/s1. The number of nitrogens with one attached hydrogen (secondary N) is 1. The molecule has 4 nitrogen and oxygen atoms in total. The number of fused-ring (bicyclic) bond motifs is 1. The molecule has 37 heavy (non-hydrogen) atoms. The van der Waals surface area contributed by atoms with E-state index in [-0.39, 0.29) is 17.8 Å². The molecule has 3 aromatic rings. The molecule has 0 unspecified atom stereocenters. The maximum atomic E-state index is 13.7. The minimum absolute atomic E-state index is 0.0905. The lowest BCUT2D eigenvalue weighted by Gasteiger charge is -2.28. The van der Waals surface area contributed by atoms with Gasteiger partial charge in [-0.05, 0) is 98.9 Å². The van der Waals surface area contributed by atoms with Gasteiger partial charge >= 0.3 is 0 Å². The van der Waals surface area contributed by atoms with Crippen molar-refractivity contribution in [1.82, 2.24) is 15.1 Å². The van der Waals surface area contributed by atoms with Gasteiger partial charge in [0.2, 0.25) is 0 Å². The number of allylic oxidation sites excluding steroid dienone is 1. The molecule has 1 saturated carbocycles. The van der Waals surface area contributed by atoms with Crippen molar-refractivity contribution in [3.8, 4) is 5.69 Å². The number of carbonyl (C=O) groups is 1. The first-order valence-electron chi connectivity index (χ1n) is 13.3. The third-order valence-corrected chi connectivity index (χ3v) is 8.23. The SMILES string of the molecule is C[C@H](NC(=O)c1nn(-c2ccc(Cl)cc2Cl)c2c1CCCC/C2=C\c1ccc(F)cc1)C1CCCCC1. The number of amides is 1. The zero-order chi connectivity index (χ0) is 25.9. The Morgan fingerprint density at radius 2 is 1.78 bits per heavy atom. The molecule has 1 N–H and O–H groups in total. The van der Waals surface area contributed by atoms with Crippen molar-refractivity contribution in [1.29, 1.82) is 0 Å². The van der Waals surface area contributed by atoms with Crippen LogP contribution in [0.4, 0.5) is 4.39 Å². The highest BCUT2D eigenvalue weighted by molar-refractivity contribution is 6.35. The number of benzene rings is 2. The van der Waals surface area contributed by atoms with Gasteiger partial charge in [0, 0.05) is 16.6 Å². The first-order valence-corrected chi connectivity index (χ1v) is 14.0. The van der Waals surface area contributed by atoms with Crippen molar-refractivity contribution in [2.45, 2.75) is 70.8 Å². The summed E-state index contributed by atoms with van der Waals surface area (Å²) < 4.78 is 15.4. The van der Waals surface area contributed by atoms with Crippen LogP contribution in [0.2, 0.25) is 10.0 Å². The van der Waals surface area contributed by atoms with Gasteiger partial charge in [0.1, 0.15) is 5.82 Å². The Kier molecular flexibility index (Phi) is 8.01. The van der Waals surface area contributed by atoms with Crippen molar-refractivity contribution in [2.75, 3.05) is 0 Å². The van der Waals surface area contributed by atoms with E-state index in [4.69, 9.17) is 28.3 Å². The molecule has 0 aliphatic heterocycles. The lowest BCUT2D eigenvalue weighted by molar-refractivity contribution is 0.0912. The van der Waals surface area contributed by atoms with E-state index in [0.717, 1.165) is 60.9 Å². The maximum absolute atomic E-state index is 13.7. The van der Waals surface area contributed by atoms with E-state index in [1.54, 1.807) is 28.9 Å². The molecular formula is C30H32Cl2FN3O. The molecule has 0 spiro atoms.